The molecular formula is C11H12N2O5S2. The minimum atomic E-state index is -3.89. The van der Waals surface area contributed by atoms with Gasteiger partial charge in [0.15, 0.2) is 5.60 Å². The number of hydrogen-bond acceptors (Lipinski definition) is 6. The van der Waals surface area contributed by atoms with Gasteiger partial charge in [-0.1, -0.05) is 0 Å². The summed E-state index contributed by atoms with van der Waals surface area (Å²) in [4.78, 5) is 14.8. The minimum Gasteiger partial charge on any atom is -0.479 e. The van der Waals surface area contributed by atoms with Gasteiger partial charge in [-0.15, -0.1) is 11.3 Å². The number of carbonyl (C=O) groups is 1. The Hall–Kier alpha value is -1.55. The van der Waals surface area contributed by atoms with E-state index in [1.54, 1.807) is 11.6 Å². The number of aliphatic hydroxyl groups is 1. The summed E-state index contributed by atoms with van der Waals surface area (Å²) in [5, 5.41) is 18.2. The van der Waals surface area contributed by atoms with Crippen LogP contribution < -0.4 is 4.72 Å². The Morgan fingerprint density at radius 1 is 1.50 bits per heavy atom. The molecule has 0 saturated heterocycles. The molecule has 0 amide bonds. The van der Waals surface area contributed by atoms with Crippen molar-refractivity contribution >= 4 is 37.5 Å². The third-order valence-electron chi connectivity index (χ3n) is 2.68. The van der Waals surface area contributed by atoms with E-state index in [0.29, 0.717) is 10.2 Å². The number of nitrogens with one attached hydrogen (secondary N) is 1. The summed E-state index contributed by atoms with van der Waals surface area (Å²) in [6.07, 6.45) is 0. The highest BCUT2D eigenvalue weighted by atomic mass is 32.2. The molecule has 7 nitrogen and oxygen atoms in total. The summed E-state index contributed by atoms with van der Waals surface area (Å²) in [5.41, 5.74) is 0.122. The number of sulfonamides is 1. The van der Waals surface area contributed by atoms with Gasteiger partial charge in [0, 0.05) is 0 Å². The minimum absolute atomic E-state index is 0.00422. The molecule has 2 rings (SSSR count). The molecule has 0 spiro atoms. The third kappa shape index (κ3) is 2.96. The Morgan fingerprint density at radius 2 is 2.20 bits per heavy atom. The molecule has 0 radical (unpaired) electrons. The molecule has 1 aromatic heterocycles. The summed E-state index contributed by atoms with van der Waals surface area (Å²) in [6, 6.07) is 4.39. The first-order valence-electron chi connectivity index (χ1n) is 5.51. The molecule has 2 aromatic rings. The summed E-state index contributed by atoms with van der Waals surface area (Å²) >= 11 is 1.30. The van der Waals surface area contributed by atoms with Crippen LogP contribution in [-0.2, 0) is 14.8 Å². The monoisotopic (exact) mass is 316 g/mol. The fraction of sp³-hybridized carbons (Fsp3) is 0.273. The van der Waals surface area contributed by atoms with Crippen molar-refractivity contribution < 1.29 is 23.4 Å². The number of benzene rings is 1. The van der Waals surface area contributed by atoms with Crippen molar-refractivity contribution in [3.05, 3.63) is 23.7 Å². The van der Waals surface area contributed by atoms with Crippen LogP contribution in [-0.4, -0.2) is 41.7 Å². The third-order valence-corrected chi connectivity index (χ3v) is 4.87. The van der Waals surface area contributed by atoms with Crippen LogP contribution in [0.4, 0.5) is 0 Å². The number of thiazole rings is 1. The Bertz CT molecular complexity index is 751. The maximum atomic E-state index is 12.0. The number of hydrogen-bond donors (Lipinski definition) is 3. The quantitative estimate of drug-likeness (QED) is 0.735. The number of rotatable bonds is 5. The molecule has 0 aliphatic carbocycles. The van der Waals surface area contributed by atoms with Crippen LogP contribution in [0.1, 0.15) is 6.92 Å². The van der Waals surface area contributed by atoms with E-state index >= 15 is 0 Å². The fourth-order valence-corrected chi connectivity index (χ4v) is 3.35. The van der Waals surface area contributed by atoms with Gasteiger partial charge in [-0.05, 0) is 25.1 Å². The molecule has 0 bridgehead atoms. The van der Waals surface area contributed by atoms with E-state index < -0.39 is 28.1 Å². The van der Waals surface area contributed by atoms with Gasteiger partial charge in [-0.3, -0.25) is 0 Å². The van der Waals surface area contributed by atoms with E-state index in [9.17, 15) is 18.3 Å². The summed E-state index contributed by atoms with van der Waals surface area (Å²) in [5.74, 6) is -1.50. The zero-order chi connectivity index (χ0) is 15.0. The van der Waals surface area contributed by atoms with Crippen LogP contribution >= 0.6 is 11.3 Å². The molecule has 3 N–H and O–H groups in total. The zero-order valence-electron chi connectivity index (χ0n) is 10.4. The highest BCUT2D eigenvalue weighted by molar-refractivity contribution is 7.89. The van der Waals surface area contributed by atoms with Crippen LogP contribution in [0.25, 0.3) is 10.2 Å². The second kappa shape index (κ2) is 5.09. The van der Waals surface area contributed by atoms with E-state index in [1.807, 2.05) is 0 Å². The lowest BCUT2D eigenvalue weighted by molar-refractivity contribution is -0.155. The van der Waals surface area contributed by atoms with Crippen molar-refractivity contribution in [3.8, 4) is 0 Å². The van der Waals surface area contributed by atoms with E-state index in [0.717, 1.165) is 6.92 Å². The van der Waals surface area contributed by atoms with Crippen molar-refractivity contribution in [1.29, 1.82) is 0 Å². The van der Waals surface area contributed by atoms with Gasteiger partial charge in [0.25, 0.3) is 0 Å². The Labute approximate surface area is 118 Å². The predicted octanol–water partition coefficient (Wildman–Crippen LogP) is 0.410. The van der Waals surface area contributed by atoms with Gasteiger partial charge in [-0.25, -0.2) is 22.9 Å². The lowest BCUT2D eigenvalue weighted by atomic mass is 10.1. The number of nitrogens with zero attached hydrogens (tertiary/aromatic N) is 1. The zero-order valence-corrected chi connectivity index (χ0v) is 12.0. The van der Waals surface area contributed by atoms with Crippen LogP contribution in [0, 0.1) is 0 Å². The van der Waals surface area contributed by atoms with Crippen molar-refractivity contribution in [2.45, 2.75) is 17.4 Å². The average Bonchev–Trinajstić information content (AvgIpc) is 2.83. The van der Waals surface area contributed by atoms with E-state index in [1.165, 1.54) is 23.5 Å². The highest BCUT2D eigenvalue weighted by Crippen LogP contribution is 2.21. The fourth-order valence-electron chi connectivity index (χ4n) is 1.40. The largest absolute Gasteiger partial charge is 0.479 e. The molecule has 0 aliphatic rings. The van der Waals surface area contributed by atoms with Gasteiger partial charge in [0.2, 0.25) is 10.0 Å². The lowest BCUT2D eigenvalue weighted by Crippen LogP contribution is -2.46. The standard InChI is InChI=1S/C11H12N2O5S2/c1-11(16,10(14)15)5-13-20(17,18)7-2-3-8-9(4-7)19-6-12-8/h2-4,6,13,16H,5H2,1H3,(H,14,15). The maximum absolute atomic E-state index is 12.0. The summed E-state index contributed by atoms with van der Waals surface area (Å²) in [7, 11) is -3.89. The maximum Gasteiger partial charge on any atom is 0.336 e. The van der Waals surface area contributed by atoms with E-state index in [-0.39, 0.29) is 4.90 Å². The van der Waals surface area contributed by atoms with Gasteiger partial charge in [0.05, 0.1) is 27.2 Å². The molecule has 0 aliphatic heterocycles. The van der Waals surface area contributed by atoms with Gasteiger partial charge < -0.3 is 10.2 Å². The number of aliphatic carboxylic acids is 1. The first kappa shape index (κ1) is 14.9. The number of fused-ring (bicyclic) bond motifs is 1. The van der Waals surface area contributed by atoms with Crippen LogP contribution in [0.3, 0.4) is 0 Å². The molecule has 0 saturated carbocycles. The molecule has 20 heavy (non-hydrogen) atoms. The molecule has 0 fully saturated rings. The highest BCUT2D eigenvalue weighted by Gasteiger charge is 2.31. The second-order valence-electron chi connectivity index (χ2n) is 4.39. The Kier molecular flexibility index (Phi) is 3.78. The number of carboxylic acid groups (broad SMARTS) is 1. The summed E-state index contributed by atoms with van der Waals surface area (Å²) in [6.45, 7) is 0.398. The summed E-state index contributed by atoms with van der Waals surface area (Å²) < 4.78 is 26.9. The van der Waals surface area contributed by atoms with E-state index in [4.69, 9.17) is 5.11 Å². The Morgan fingerprint density at radius 3 is 2.85 bits per heavy atom. The predicted molar refractivity (Wildman–Crippen MR) is 73.1 cm³/mol. The molecule has 108 valence electrons. The van der Waals surface area contributed by atoms with Gasteiger partial charge >= 0.3 is 5.97 Å². The molecular weight excluding hydrogens is 304 g/mol. The average molecular weight is 316 g/mol. The van der Waals surface area contributed by atoms with Crippen LogP contribution in [0.15, 0.2) is 28.6 Å². The van der Waals surface area contributed by atoms with Crippen molar-refractivity contribution in [2.75, 3.05) is 6.54 Å². The smallest absolute Gasteiger partial charge is 0.336 e. The SMILES string of the molecule is CC(O)(CNS(=O)(=O)c1ccc2ncsc2c1)C(=O)O. The normalized spacial score (nSPS) is 15.1. The first-order valence-corrected chi connectivity index (χ1v) is 7.87. The Balaban J connectivity index is 2.24. The van der Waals surface area contributed by atoms with Crippen molar-refractivity contribution in [1.82, 2.24) is 9.71 Å². The van der Waals surface area contributed by atoms with Crippen molar-refractivity contribution in [2.24, 2.45) is 0 Å². The second-order valence-corrected chi connectivity index (χ2v) is 7.04. The molecule has 1 unspecified atom stereocenters. The first-order chi connectivity index (χ1) is 9.22. The number of carboxylic acids is 1. The van der Waals surface area contributed by atoms with Crippen LogP contribution in [0.2, 0.25) is 0 Å². The van der Waals surface area contributed by atoms with Gasteiger partial charge in [-0.2, -0.15) is 0 Å². The molecule has 1 atom stereocenters. The lowest BCUT2D eigenvalue weighted by Gasteiger charge is -2.18. The topological polar surface area (TPSA) is 117 Å². The molecule has 1 heterocycles. The van der Waals surface area contributed by atoms with E-state index in [2.05, 4.69) is 9.71 Å². The van der Waals surface area contributed by atoms with Gasteiger partial charge in [0.1, 0.15) is 0 Å². The van der Waals surface area contributed by atoms with Crippen molar-refractivity contribution in [3.63, 3.8) is 0 Å². The number of aromatic nitrogens is 1. The van der Waals surface area contributed by atoms with Crippen LogP contribution in [0.5, 0.6) is 0 Å². The molecule has 9 heteroatoms. The molecule has 1 aromatic carbocycles.